The number of rotatable bonds is 3. The smallest absolute Gasteiger partial charge is 0.369 e. The highest BCUT2D eigenvalue weighted by Crippen LogP contribution is 2.29. The summed E-state index contributed by atoms with van der Waals surface area (Å²) >= 11 is 0. The molecular weight excluding hydrogens is 217 g/mol. The van der Waals surface area contributed by atoms with Gasteiger partial charge in [0.2, 0.25) is 0 Å². The average Bonchev–Trinajstić information content (AvgIpc) is 2.16. The van der Waals surface area contributed by atoms with E-state index in [0.717, 1.165) is 17.7 Å². The van der Waals surface area contributed by atoms with Crippen LogP contribution in [0, 0.1) is 0 Å². The molecule has 0 bridgehead atoms. The van der Waals surface area contributed by atoms with Crippen molar-refractivity contribution in [3.05, 3.63) is 35.4 Å². The third kappa shape index (κ3) is 3.92. The highest BCUT2D eigenvalue weighted by Gasteiger charge is 2.29. The lowest BCUT2D eigenvalue weighted by atomic mass is 10.1. The van der Waals surface area contributed by atoms with Gasteiger partial charge in [-0.2, -0.15) is 13.2 Å². The van der Waals surface area contributed by atoms with Crippen molar-refractivity contribution in [2.45, 2.75) is 12.7 Å². The van der Waals surface area contributed by atoms with Gasteiger partial charge >= 0.3 is 6.18 Å². The fourth-order valence-electron chi connectivity index (χ4n) is 1.11. The van der Waals surface area contributed by atoms with Crippen LogP contribution in [0.1, 0.15) is 11.1 Å². The summed E-state index contributed by atoms with van der Waals surface area (Å²) in [7, 11) is 3.66. The Hall–Kier alpha value is -1.52. The second kappa shape index (κ2) is 5.01. The number of benzene rings is 1. The number of hydrogen-bond donors (Lipinski definition) is 0. The molecule has 0 aliphatic rings. The highest BCUT2D eigenvalue weighted by atomic mass is 19.4. The van der Waals surface area contributed by atoms with Crippen LogP contribution < -0.4 is 0 Å². The predicted molar refractivity (Wildman–Crippen MR) is 57.3 cm³/mol. The van der Waals surface area contributed by atoms with E-state index in [4.69, 9.17) is 0 Å². The van der Waals surface area contributed by atoms with Gasteiger partial charge in [-0.3, -0.25) is 4.99 Å². The maximum Gasteiger partial charge on any atom is 0.416 e. The lowest BCUT2D eigenvalue weighted by Crippen LogP contribution is -2.07. The molecule has 0 spiro atoms. The first-order valence-electron chi connectivity index (χ1n) is 4.72. The fourth-order valence-corrected chi connectivity index (χ4v) is 1.11. The molecular formula is C11H13F3N2. The molecule has 1 rings (SSSR count). The first-order valence-corrected chi connectivity index (χ1v) is 4.72. The minimum atomic E-state index is -4.27. The molecule has 88 valence electrons. The van der Waals surface area contributed by atoms with Crippen molar-refractivity contribution in [3.63, 3.8) is 0 Å². The summed E-state index contributed by atoms with van der Waals surface area (Å²) in [5.74, 6) is 0. The van der Waals surface area contributed by atoms with Gasteiger partial charge < -0.3 is 4.90 Å². The van der Waals surface area contributed by atoms with Gasteiger partial charge in [0, 0.05) is 14.1 Å². The van der Waals surface area contributed by atoms with Gasteiger partial charge in [-0.25, -0.2) is 0 Å². The van der Waals surface area contributed by atoms with Gasteiger partial charge in [-0.05, 0) is 17.7 Å². The number of nitrogens with zero attached hydrogens (tertiary/aromatic N) is 2. The van der Waals surface area contributed by atoms with E-state index in [1.165, 1.54) is 12.1 Å². The zero-order chi connectivity index (χ0) is 12.2. The normalized spacial score (nSPS) is 12.1. The average molecular weight is 230 g/mol. The predicted octanol–water partition coefficient (Wildman–Crippen LogP) is 2.80. The molecule has 0 unspecified atom stereocenters. The quantitative estimate of drug-likeness (QED) is 0.576. The molecule has 0 fully saturated rings. The molecule has 0 atom stereocenters. The summed E-state index contributed by atoms with van der Waals surface area (Å²) in [5.41, 5.74) is 0.124. The molecule has 0 heterocycles. The molecule has 0 saturated heterocycles. The maximum atomic E-state index is 12.2. The molecule has 0 amide bonds. The van der Waals surface area contributed by atoms with Crippen LogP contribution in [-0.4, -0.2) is 25.3 Å². The van der Waals surface area contributed by atoms with Crippen LogP contribution >= 0.6 is 0 Å². The van der Waals surface area contributed by atoms with Crippen molar-refractivity contribution in [2.24, 2.45) is 4.99 Å². The standard InChI is InChI=1S/C11H13F3N2/c1-16(2)8-15-7-9-3-5-10(6-4-9)11(12,13)14/h3-6,8H,7H2,1-2H3. The topological polar surface area (TPSA) is 15.6 Å². The van der Waals surface area contributed by atoms with Gasteiger partial charge in [0.05, 0.1) is 18.4 Å². The zero-order valence-electron chi connectivity index (χ0n) is 9.12. The monoisotopic (exact) mass is 230 g/mol. The lowest BCUT2D eigenvalue weighted by molar-refractivity contribution is -0.137. The van der Waals surface area contributed by atoms with Crippen molar-refractivity contribution in [3.8, 4) is 0 Å². The minimum Gasteiger partial charge on any atom is -0.369 e. The molecule has 1 aromatic carbocycles. The second-order valence-corrected chi connectivity index (χ2v) is 3.61. The Bertz CT molecular complexity index is 352. The molecule has 0 aliphatic heterocycles. The number of alkyl halides is 3. The Balaban J connectivity index is 2.65. The van der Waals surface area contributed by atoms with Gasteiger partial charge in [0.25, 0.3) is 0 Å². The van der Waals surface area contributed by atoms with E-state index in [1.807, 2.05) is 14.1 Å². The van der Waals surface area contributed by atoms with E-state index < -0.39 is 11.7 Å². The van der Waals surface area contributed by atoms with Crippen LogP contribution in [0.5, 0.6) is 0 Å². The van der Waals surface area contributed by atoms with Crippen LogP contribution in [0.25, 0.3) is 0 Å². The Kier molecular flexibility index (Phi) is 3.93. The Labute approximate surface area is 92.4 Å². The minimum absolute atomic E-state index is 0.385. The summed E-state index contributed by atoms with van der Waals surface area (Å²) < 4.78 is 36.7. The van der Waals surface area contributed by atoms with Gasteiger partial charge in [0.15, 0.2) is 0 Å². The molecule has 0 radical (unpaired) electrons. The summed E-state index contributed by atoms with van der Waals surface area (Å²) in [6.45, 7) is 0.385. The molecule has 0 saturated carbocycles. The van der Waals surface area contributed by atoms with Crippen molar-refractivity contribution in [2.75, 3.05) is 14.1 Å². The van der Waals surface area contributed by atoms with E-state index >= 15 is 0 Å². The van der Waals surface area contributed by atoms with E-state index in [0.29, 0.717) is 6.54 Å². The van der Waals surface area contributed by atoms with E-state index in [2.05, 4.69) is 4.99 Å². The van der Waals surface area contributed by atoms with Crippen molar-refractivity contribution < 1.29 is 13.2 Å². The van der Waals surface area contributed by atoms with Crippen molar-refractivity contribution in [1.29, 1.82) is 0 Å². The van der Waals surface area contributed by atoms with Crippen molar-refractivity contribution >= 4 is 6.34 Å². The molecule has 1 aromatic rings. The Morgan fingerprint density at radius 1 is 1.19 bits per heavy atom. The molecule has 0 N–H and O–H groups in total. The summed E-state index contributed by atoms with van der Waals surface area (Å²) in [6.07, 6.45) is -2.65. The zero-order valence-corrected chi connectivity index (χ0v) is 9.12. The van der Waals surface area contributed by atoms with Crippen LogP contribution in [0.3, 0.4) is 0 Å². The lowest BCUT2D eigenvalue weighted by Gasteiger charge is -2.07. The molecule has 0 aliphatic carbocycles. The van der Waals surface area contributed by atoms with Crippen molar-refractivity contribution in [1.82, 2.24) is 4.90 Å². The summed E-state index contributed by atoms with van der Waals surface area (Å²) in [5, 5.41) is 0. The van der Waals surface area contributed by atoms with Crippen LogP contribution in [0.4, 0.5) is 13.2 Å². The fraction of sp³-hybridized carbons (Fsp3) is 0.364. The van der Waals surface area contributed by atoms with Gasteiger partial charge in [-0.15, -0.1) is 0 Å². The summed E-state index contributed by atoms with van der Waals surface area (Å²) in [4.78, 5) is 5.82. The SMILES string of the molecule is CN(C)C=NCc1ccc(C(F)(F)F)cc1. The molecule has 16 heavy (non-hydrogen) atoms. The van der Waals surface area contributed by atoms with Gasteiger partial charge in [-0.1, -0.05) is 12.1 Å². The number of halogens is 3. The van der Waals surface area contributed by atoms with E-state index in [9.17, 15) is 13.2 Å². The number of aliphatic imine (C=N–C) groups is 1. The second-order valence-electron chi connectivity index (χ2n) is 3.61. The Morgan fingerprint density at radius 2 is 1.75 bits per heavy atom. The van der Waals surface area contributed by atoms with Gasteiger partial charge in [0.1, 0.15) is 0 Å². The van der Waals surface area contributed by atoms with Crippen LogP contribution in [0.2, 0.25) is 0 Å². The molecule has 2 nitrogen and oxygen atoms in total. The first-order chi connectivity index (χ1) is 7.39. The third-order valence-electron chi connectivity index (χ3n) is 1.87. The van der Waals surface area contributed by atoms with Crippen LogP contribution in [0.15, 0.2) is 29.3 Å². The number of hydrogen-bond acceptors (Lipinski definition) is 1. The maximum absolute atomic E-state index is 12.2. The highest BCUT2D eigenvalue weighted by molar-refractivity contribution is 5.53. The van der Waals surface area contributed by atoms with Crippen LogP contribution in [-0.2, 0) is 12.7 Å². The Morgan fingerprint density at radius 3 is 2.19 bits per heavy atom. The molecule has 5 heteroatoms. The molecule has 0 aromatic heterocycles. The van der Waals surface area contributed by atoms with E-state index in [1.54, 1.807) is 11.2 Å². The van der Waals surface area contributed by atoms with E-state index in [-0.39, 0.29) is 0 Å². The third-order valence-corrected chi connectivity index (χ3v) is 1.87. The first kappa shape index (κ1) is 12.5. The largest absolute Gasteiger partial charge is 0.416 e. The summed E-state index contributed by atoms with van der Waals surface area (Å²) in [6, 6.07) is 5.02.